The predicted molar refractivity (Wildman–Crippen MR) is 30.0 cm³/mol. The molecule has 0 atom stereocenters. The molecule has 0 bridgehead atoms. The summed E-state index contributed by atoms with van der Waals surface area (Å²) in [5.74, 6) is 0. The summed E-state index contributed by atoms with van der Waals surface area (Å²) in [6.07, 6.45) is 0. The molecule has 0 aliphatic rings. The van der Waals surface area contributed by atoms with E-state index in [2.05, 4.69) is 0 Å². The number of hydrogen-bond acceptors (Lipinski definition) is 2. The van der Waals surface area contributed by atoms with Gasteiger partial charge in [-0.25, -0.2) is 0 Å². The average Bonchev–Trinajstić information content (AvgIpc) is 0.722. The van der Waals surface area contributed by atoms with Gasteiger partial charge in [-0.15, -0.1) is 0 Å². The van der Waals surface area contributed by atoms with Crippen LogP contribution in [0.5, 0.6) is 0 Å². The van der Waals surface area contributed by atoms with Crippen LogP contribution in [0.25, 0.3) is 0 Å². The van der Waals surface area contributed by atoms with Gasteiger partial charge in [0.05, 0.1) is 0 Å². The Bertz CT molecular complexity index is 96.2. The molecule has 0 amide bonds. The molecule has 0 heterocycles. The SMILES string of the molecule is O.O=S(=O)(O)O.[Al+3].[Ba+2].[O-2]. The summed E-state index contributed by atoms with van der Waals surface area (Å²) in [4.78, 5) is 0. The maximum Gasteiger partial charge on any atom is 3.00 e. The Morgan fingerprint density at radius 2 is 1.11 bits per heavy atom. The zero-order chi connectivity index (χ0) is 4.50. The Labute approximate surface area is 103 Å². The fraction of sp³-hybridized carbons (Fsp3) is 0. The van der Waals surface area contributed by atoms with Gasteiger partial charge in [0, 0.05) is 0 Å². The van der Waals surface area contributed by atoms with Crippen LogP contribution in [0.15, 0.2) is 0 Å². The first-order chi connectivity index (χ1) is 2.00. The van der Waals surface area contributed by atoms with E-state index in [1.165, 1.54) is 0 Å². The molecule has 0 aromatic heterocycles. The second-order valence-corrected chi connectivity index (χ2v) is 1.34. The largest absolute Gasteiger partial charge is 3.00 e. The molecule has 0 fully saturated rings. The van der Waals surface area contributed by atoms with Gasteiger partial charge < -0.3 is 11.0 Å². The van der Waals surface area contributed by atoms with Crippen LogP contribution in [0.1, 0.15) is 0 Å². The Morgan fingerprint density at radius 3 is 1.11 bits per heavy atom. The zero-order valence-electron chi connectivity index (χ0n) is 4.31. The second-order valence-electron chi connectivity index (χ2n) is 0.448. The van der Waals surface area contributed by atoms with Crippen LogP contribution in [0.4, 0.5) is 0 Å². The van der Waals surface area contributed by atoms with Crippen molar-refractivity contribution < 1.29 is 28.5 Å². The summed E-state index contributed by atoms with van der Waals surface area (Å²) >= 11 is 0. The molecule has 48 valence electrons. The minimum Gasteiger partial charge on any atom is -2.00 e. The molecule has 0 aliphatic carbocycles. The van der Waals surface area contributed by atoms with Crippen molar-refractivity contribution in [1.82, 2.24) is 0 Å². The summed E-state index contributed by atoms with van der Waals surface area (Å²) in [6, 6.07) is 0. The van der Waals surface area contributed by atoms with Crippen molar-refractivity contribution in [1.29, 1.82) is 0 Å². The van der Waals surface area contributed by atoms with Crippen LogP contribution in [0.3, 0.4) is 0 Å². The third kappa shape index (κ3) is 172. The summed E-state index contributed by atoms with van der Waals surface area (Å²) in [6.45, 7) is 0. The minimum absolute atomic E-state index is 0. The van der Waals surface area contributed by atoms with E-state index in [-0.39, 0.29) is 77.2 Å². The van der Waals surface area contributed by atoms with Crippen molar-refractivity contribution in [3.05, 3.63) is 0 Å². The van der Waals surface area contributed by atoms with E-state index >= 15 is 0 Å². The molecule has 0 aromatic carbocycles. The van der Waals surface area contributed by atoms with Gasteiger partial charge in [-0.1, -0.05) is 0 Å². The number of hydrogen-bond donors (Lipinski definition) is 2. The maximum absolute atomic E-state index is 8.74. The maximum atomic E-state index is 8.74. The van der Waals surface area contributed by atoms with Crippen molar-refractivity contribution >= 4 is 76.6 Å². The molecule has 6 nitrogen and oxygen atoms in total. The van der Waals surface area contributed by atoms with Gasteiger partial charge >= 0.3 is 76.6 Å². The van der Waals surface area contributed by atoms with Crippen LogP contribution in [0, 0.1) is 0 Å². The van der Waals surface area contributed by atoms with Gasteiger partial charge in [-0.3, -0.25) is 9.11 Å². The summed E-state index contributed by atoms with van der Waals surface area (Å²) in [5.41, 5.74) is 0. The molecule has 0 spiro atoms. The molecular weight excluding hydrogens is 292 g/mol. The smallest absolute Gasteiger partial charge is 2.00 e. The van der Waals surface area contributed by atoms with Crippen molar-refractivity contribution in [2.45, 2.75) is 0 Å². The van der Waals surface area contributed by atoms with Gasteiger partial charge in [-0.2, -0.15) is 8.42 Å². The molecule has 4 N–H and O–H groups in total. The molecule has 9 heavy (non-hydrogen) atoms. The van der Waals surface area contributed by atoms with Gasteiger partial charge in [0.25, 0.3) is 0 Å². The predicted octanol–water partition coefficient (Wildman–Crippen LogP) is -2.36. The molecular formula is H4AlBaO6S+3. The molecule has 0 radical (unpaired) electrons. The minimum atomic E-state index is -4.67. The van der Waals surface area contributed by atoms with E-state index in [0.29, 0.717) is 0 Å². The van der Waals surface area contributed by atoms with Crippen molar-refractivity contribution in [3.8, 4) is 0 Å². The summed E-state index contributed by atoms with van der Waals surface area (Å²) in [5, 5.41) is 0. The fourth-order valence-electron chi connectivity index (χ4n) is 0. The van der Waals surface area contributed by atoms with Crippen molar-refractivity contribution in [2.24, 2.45) is 0 Å². The molecule has 0 aromatic rings. The van der Waals surface area contributed by atoms with E-state index in [9.17, 15) is 0 Å². The van der Waals surface area contributed by atoms with E-state index in [0.717, 1.165) is 0 Å². The van der Waals surface area contributed by atoms with Crippen molar-refractivity contribution in [3.63, 3.8) is 0 Å². The topological polar surface area (TPSA) is 135 Å². The fourth-order valence-corrected chi connectivity index (χ4v) is 0. The molecule has 0 aliphatic heterocycles. The van der Waals surface area contributed by atoms with Gasteiger partial charge in [0.2, 0.25) is 0 Å². The second kappa shape index (κ2) is 12.6. The normalized spacial score (nSPS) is 6.44. The van der Waals surface area contributed by atoms with Crippen LogP contribution in [0.2, 0.25) is 0 Å². The van der Waals surface area contributed by atoms with Crippen molar-refractivity contribution in [2.75, 3.05) is 0 Å². The van der Waals surface area contributed by atoms with Gasteiger partial charge in [0.1, 0.15) is 0 Å². The molecule has 0 saturated heterocycles. The summed E-state index contributed by atoms with van der Waals surface area (Å²) < 4.78 is 31.6. The Hall–Kier alpha value is 1.89. The van der Waals surface area contributed by atoms with Gasteiger partial charge in [-0.05, 0) is 0 Å². The first-order valence-electron chi connectivity index (χ1n) is 0.698. The van der Waals surface area contributed by atoms with Crippen LogP contribution >= 0.6 is 0 Å². The quantitative estimate of drug-likeness (QED) is 0.382. The first kappa shape index (κ1) is 30.7. The number of rotatable bonds is 0. The Balaban J connectivity index is -0.0000000133. The average molecular weight is 296 g/mol. The van der Waals surface area contributed by atoms with Gasteiger partial charge in [0.15, 0.2) is 0 Å². The Kier molecular flexibility index (Phi) is 42.8. The standard InChI is InChI=1S/Al.Ba.H2O4S.H2O.O/c;;1-5(2,3)4;;/h;;(H2,1,2,3,4);1H2;/q+3;+2;;;-2. The van der Waals surface area contributed by atoms with E-state index in [1.54, 1.807) is 0 Å². The van der Waals surface area contributed by atoms with Crippen LogP contribution < -0.4 is 0 Å². The Morgan fingerprint density at radius 1 is 1.11 bits per heavy atom. The molecule has 9 heteroatoms. The molecule has 0 unspecified atom stereocenters. The zero-order valence-corrected chi connectivity index (χ0v) is 10.7. The first-order valence-corrected chi connectivity index (χ1v) is 2.10. The summed E-state index contributed by atoms with van der Waals surface area (Å²) in [7, 11) is -4.67. The van der Waals surface area contributed by atoms with Crippen LogP contribution in [-0.4, -0.2) is 89.2 Å². The van der Waals surface area contributed by atoms with E-state index in [4.69, 9.17) is 17.5 Å². The third-order valence-corrected chi connectivity index (χ3v) is 0. The third-order valence-electron chi connectivity index (χ3n) is 0. The molecule has 0 rings (SSSR count). The molecule has 0 saturated carbocycles. The van der Waals surface area contributed by atoms with E-state index in [1.807, 2.05) is 0 Å². The van der Waals surface area contributed by atoms with E-state index < -0.39 is 10.4 Å². The van der Waals surface area contributed by atoms with Crippen LogP contribution in [-0.2, 0) is 15.9 Å². The monoisotopic (exact) mass is 297 g/mol.